The molecule has 0 radical (unpaired) electrons. The number of sulfonamides is 1. The molecule has 0 spiro atoms. The summed E-state index contributed by atoms with van der Waals surface area (Å²) in [7, 11) is -3.84. The molecule has 0 aliphatic rings. The molecule has 2 rings (SSSR count). The Morgan fingerprint density at radius 1 is 1.18 bits per heavy atom. The maximum absolute atomic E-state index is 12.2. The van der Waals surface area contributed by atoms with Crippen LogP contribution in [-0.4, -0.2) is 14.3 Å². The largest absolute Gasteiger partial charge is 0.322 e. The van der Waals surface area contributed by atoms with E-state index >= 15 is 0 Å². The number of hydrogen-bond donors (Lipinski definition) is 2. The Balaban J connectivity index is 2.30. The number of carbonyl (C=O) groups is 1. The monoisotopic (exact) mass is 470 g/mol. The van der Waals surface area contributed by atoms with Gasteiger partial charge in [-0.2, -0.15) is 0 Å². The fourth-order valence-electron chi connectivity index (χ4n) is 1.64. The molecule has 0 saturated carbocycles. The van der Waals surface area contributed by atoms with Gasteiger partial charge in [-0.15, -0.1) is 0 Å². The number of primary sulfonamides is 1. The maximum Gasteiger partial charge on any atom is 0.255 e. The van der Waals surface area contributed by atoms with E-state index in [9.17, 15) is 13.2 Å². The van der Waals surface area contributed by atoms with Crippen LogP contribution in [0.5, 0.6) is 0 Å². The van der Waals surface area contributed by atoms with E-state index in [2.05, 4.69) is 5.32 Å². The topological polar surface area (TPSA) is 89.3 Å². The van der Waals surface area contributed by atoms with Gasteiger partial charge in [-0.05, 0) is 52.9 Å². The Morgan fingerprint density at radius 3 is 2.45 bits per heavy atom. The summed E-state index contributed by atoms with van der Waals surface area (Å²) in [5, 5.41) is 8.26. The number of hydrogen-bond acceptors (Lipinski definition) is 3. The van der Waals surface area contributed by atoms with Crippen molar-refractivity contribution in [1.29, 1.82) is 0 Å². The Hall–Kier alpha value is -0.870. The van der Waals surface area contributed by atoms with Gasteiger partial charge in [-0.25, -0.2) is 13.6 Å². The summed E-state index contributed by atoms with van der Waals surface area (Å²) in [6.45, 7) is 0. The molecule has 116 valence electrons. The highest BCUT2D eigenvalue weighted by atomic mass is 127. The SMILES string of the molecule is NS(=O)(=O)c1cccc(NC(=O)c2cc(Cl)c(Cl)c(I)c2)c1. The molecule has 0 saturated heterocycles. The van der Waals surface area contributed by atoms with Crippen LogP contribution in [-0.2, 0) is 10.0 Å². The van der Waals surface area contributed by atoms with Crippen molar-refractivity contribution >= 4 is 67.4 Å². The lowest BCUT2D eigenvalue weighted by atomic mass is 10.2. The lowest BCUT2D eigenvalue weighted by Crippen LogP contribution is -2.15. The van der Waals surface area contributed by atoms with Crippen LogP contribution in [0.25, 0.3) is 0 Å². The Morgan fingerprint density at radius 2 is 1.86 bits per heavy atom. The standard InChI is InChI=1S/C13H9Cl2IN2O3S/c14-10-4-7(5-11(16)12(10)15)13(19)18-8-2-1-3-9(6-8)22(17,20)21/h1-6H,(H,18,19)(H2,17,20,21). The zero-order valence-electron chi connectivity index (χ0n) is 10.8. The number of rotatable bonds is 3. The van der Waals surface area contributed by atoms with Crippen LogP contribution in [0.4, 0.5) is 5.69 Å². The Labute approximate surface area is 151 Å². The van der Waals surface area contributed by atoms with Crippen molar-refractivity contribution in [3.63, 3.8) is 0 Å². The van der Waals surface area contributed by atoms with E-state index in [0.717, 1.165) is 0 Å². The van der Waals surface area contributed by atoms with Crippen LogP contribution >= 0.6 is 45.8 Å². The number of amides is 1. The smallest absolute Gasteiger partial charge is 0.255 e. The van der Waals surface area contributed by atoms with E-state index in [1.54, 1.807) is 12.1 Å². The summed E-state index contributed by atoms with van der Waals surface area (Å²) in [6.07, 6.45) is 0. The van der Waals surface area contributed by atoms with E-state index in [1.807, 2.05) is 22.6 Å². The molecule has 2 aromatic rings. The molecule has 5 nitrogen and oxygen atoms in total. The van der Waals surface area contributed by atoms with Crippen LogP contribution in [0.3, 0.4) is 0 Å². The normalized spacial score (nSPS) is 11.3. The fourth-order valence-corrected chi connectivity index (χ4v) is 3.31. The third-order valence-electron chi connectivity index (χ3n) is 2.67. The van der Waals surface area contributed by atoms with Gasteiger partial charge in [-0.1, -0.05) is 29.3 Å². The van der Waals surface area contributed by atoms with Gasteiger partial charge in [0, 0.05) is 14.8 Å². The fraction of sp³-hybridized carbons (Fsp3) is 0. The molecule has 9 heteroatoms. The van der Waals surface area contributed by atoms with Crippen LogP contribution in [0.15, 0.2) is 41.3 Å². The van der Waals surface area contributed by atoms with Gasteiger partial charge in [0.15, 0.2) is 0 Å². The van der Waals surface area contributed by atoms with Gasteiger partial charge in [-0.3, -0.25) is 4.79 Å². The van der Waals surface area contributed by atoms with Crippen molar-refractivity contribution in [1.82, 2.24) is 0 Å². The van der Waals surface area contributed by atoms with Crippen molar-refractivity contribution in [3.8, 4) is 0 Å². The molecule has 3 N–H and O–H groups in total. The summed E-state index contributed by atoms with van der Waals surface area (Å²) in [5.74, 6) is -0.442. The molecule has 0 atom stereocenters. The molecule has 2 aromatic carbocycles. The van der Waals surface area contributed by atoms with E-state index < -0.39 is 15.9 Å². The van der Waals surface area contributed by atoms with Gasteiger partial charge < -0.3 is 5.32 Å². The first-order chi connectivity index (χ1) is 10.2. The van der Waals surface area contributed by atoms with Crippen molar-refractivity contribution < 1.29 is 13.2 Å². The summed E-state index contributed by atoms with van der Waals surface area (Å²) < 4.78 is 23.2. The highest BCUT2D eigenvalue weighted by Crippen LogP contribution is 2.29. The third-order valence-corrected chi connectivity index (χ3v) is 5.55. The Kier molecular flexibility index (Phi) is 5.33. The van der Waals surface area contributed by atoms with Crippen molar-refractivity contribution in [3.05, 3.63) is 55.6 Å². The molecule has 0 aliphatic heterocycles. The molecule has 0 unspecified atom stereocenters. The van der Waals surface area contributed by atoms with Crippen molar-refractivity contribution in [2.24, 2.45) is 5.14 Å². The molecule has 22 heavy (non-hydrogen) atoms. The molecule has 0 aromatic heterocycles. The van der Waals surface area contributed by atoms with Crippen molar-refractivity contribution in [2.45, 2.75) is 4.90 Å². The first-order valence-electron chi connectivity index (χ1n) is 5.77. The molecule has 0 aliphatic carbocycles. The summed E-state index contributed by atoms with van der Waals surface area (Å²) in [6, 6.07) is 8.66. The molecule has 0 heterocycles. The van der Waals surface area contributed by atoms with Crippen LogP contribution < -0.4 is 10.5 Å². The number of halogens is 3. The minimum absolute atomic E-state index is 0.0889. The summed E-state index contributed by atoms with van der Waals surface area (Å²) in [5.41, 5.74) is 0.609. The van der Waals surface area contributed by atoms with Crippen LogP contribution in [0.1, 0.15) is 10.4 Å². The second kappa shape index (κ2) is 6.71. The molecular formula is C13H9Cl2IN2O3S. The average Bonchev–Trinajstić information content (AvgIpc) is 2.43. The zero-order chi connectivity index (χ0) is 16.5. The predicted octanol–water partition coefficient (Wildman–Crippen LogP) is 3.50. The van der Waals surface area contributed by atoms with E-state index in [4.69, 9.17) is 28.3 Å². The second-order valence-corrected chi connectivity index (χ2v) is 7.79. The highest BCUT2D eigenvalue weighted by molar-refractivity contribution is 14.1. The van der Waals surface area contributed by atoms with E-state index in [1.165, 1.54) is 24.3 Å². The number of anilines is 1. The quantitative estimate of drug-likeness (QED) is 0.531. The minimum atomic E-state index is -3.84. The molecule has 1 amide bonds. The lowest BCUT2D eigenvalue weighted by molar-refractivity contribution is 0.102. The number of nitrogens with two attached hydrogens (primary N) is 1. The van der Waals surface area contributed by atoms with E-state index in [0.29, 0.717) is 19.8 Å². The third kappa shape index (κ3) is 4.11. The predicted molar refractivity (Wildman–Crippen MR) is 94.9 cm³/mol. The van der Waals surface area contributed by atoms with Crippen LogP contribution in [0, 0.1) is 3.57 Å². The first-order valence-corrected chi connectivity index (χ1v) is 9.15. The number of benzene rings is 2. The average molecular weight is 471 g/mol. The lowest BCUT2D eigenvalue weighted by Gasteiger charge is -2.08. The molecular weight excluding hydrogens is 462 g/mol. The molecule has 0 fully saturated rings. The van der Waals surface area contributed by atoms with Gasteiger partial charge in [0.25, 0.3) is 5.91 Å². The highest BCUT2D eigenvalue weighted by Gasteiger charge is 2.13. The molecule has 0 bridgehead atoms. The van der Waals surface area contributed by atoms with Gasteiger partial charge >= 0.3 is 0 Å². The van der Waals surface area contributed by atoms with Gasteiger partial charge in [0.2, 0.25) is 10.0 Å². The van der Waals surface area contributed by atoms with Gasteiger partial charge in [0.1, 0.15) is 0 Å². The summed E-state index contributed by atoms with van der Waals surface area (Å²) in [4.78, 5) is 12.1. The van der Waals surface area contributed by atoms with Crippen LogP contribution in [0.2, 0.25) is 10.0 Å². The minimum Gasteiger partial charge on any atom is -0.322 e. The number of nitrogens with one attached hydrogen (secondary N) is 1. The van der Waals surface area contributed by atoms with Gasteiger partial charge in [0.05, 0.1) is 14.9 Å². The number of carbonyl (C=O) groups excluding carboxylic acids is 1. The summed E-state index contributed by atoms with van der Waals surface area (Å²) >= 11 is 13.8. The maximum atomic E-state index is 12.2. The van der Waals surface area contributed by atoms with E-state index in [-0.39, 0.29) is 9.92 Å². The Bertz CT molecular complexity index is 833. The zero-order valence-corrected chi connectivity index (χ0v) is 15.3. The van der Waals surface area contributed by atoms with Crippen molar-refractivity contribution in [2.75, 3.05) is 5.32 Å². The first kappa shape index (κ1) is 17.5. The second-order valence-electron chi connectivity index (χ2n) is 4.28.